The first-order valence-corrected chi connectivity index (χ1v) is 6.62. The lowest BCUT2D eigenvalue weighted by molar-refractivity contribution is 0.570. The Morgan fingerprint density at radius 2 is 2.28 bits per heavy atom. The van der Waals surface area contributed by atoms with Crippen LogP contribution in [0.4, 0.5) is 0 Å². The molecule has 2 rings (SSSR count). The standard InChI is InChI=1S/C14H18ClN3/c1-3-7-16-11(2)12-5-4-6-14(8-12)18-10-13(15)9-17-18/h4-6,8-11,16H,3,7H2,1-2H3. The fraction of sp³-hybridized carbons (Fsp3) is 0.357. The van der Waals surface area contributed by atoms with E-state index in [1.54, 1.807) is 10.9 Å². The van der Waals surface area contributed by atoms with Gasteiger partial charge in [0.2, 0.25) is 0 Å². The number of halogens is 1. The highest BCUT2D eigenvalue weighted by Crippen LogP contribution is 2.17. The molecule has 3 nitrogen and oxygen atoms in total. The molecule has 0 aliphatic carbocycles. The summed E-state index contributed by atoms with van der Waals surface area (Å²) in [6, 6.07) is 8.68. The molecule has 0 fully saturated rings. The smallest absolute Gasteiger partial charge is 0.0790 e. The van der Waals surface area contributed by atoms with E-state index in [1.165, 1.54) is 5.56 Å². The Kier molecular flexibility index (Phi) is 4.39. The molecule has 0 aliphatic rings. The van der Waals surface area contributed by atoms with Crippen LogP contribution in [0.15, 0.2) is 36.7 Å². The van der Waals surface area contributed by atoms with E-state index in [-0.39, 0.29) is 0 Å². The number of hydrogen-bond donors (Lipinski definition) is 1. The largest absolute Gasteiger partial charge is 0.310 e. The molecule has 0 bridgehead atoms. The molecule has 0 radical (unpaired) electrons. The Morgan fingerprint density at radius 1 is 1.44 bits per heavy atom. The van der Waals surface area contributed by atoms with Crippen molar-refractivity contribution in [2.24, 2.45) is 0 Å². The lowest BCUT2D eigenvalue weighted by Gasteiger charge is -2.14. The average molecular weight is 264 g/mol. The van der Waals surface area contributed by atoms with Crippen LogP contribution in [0, 0.1) is 0 Å². The first-order valence-electron chi connectivity index (χ1n) is 6.24. The second kappa shape index (κ2) is 6.03. The molecule has 1 atom stereocenters. The Morgan fingerprint density at radius 3 is 2.94 bits per heavy atom. The molecule has 0 aliphatic heterocycles. The van der Waals surface area contributed by atoms with E-state index in [0.29, 0.717) is 11.1 Å². The Balaban J connectivity index is 2.19. The van der Waals surface area contributed by atoms with Crippen molar-refractivity contribution >= 4 is 11.6 Å². The molecule has 0 amide bonds. The first-order chi connectivity index (χ1) is 8.70. The monoisotopic (exact) mass is 263 g/mol. The minimum absolute atomic E-state index is 0.343. The highest BCUT2D eigenvalue weighted by atomic mass is 35.5. The van der Waals surface area contributed by atoms with Gasteiger partial charge in [-0.2, -0.15) is 5.10 Å². The van der Waals surface area contributed by atoms with Crippen molar-refractivity contribution in [3.63, 3.8) is 0 Å². The molecule has 1 unspecified atom stereocenters. The van der Waals surface area contributed by atoms with Gasteiger partial charge < -0.3 is 5.32 Å². The zero-order chi connectivity index (χ0) is 13.0. The molecule has 18 heavy (non-hydrogen) atoms. The molecule has 2 aromatic rings. The van der Waals surface area contributed by atoms with Crippen molar-refractivity contribution in [2.75, 3.05) is 6.54 Å². The van der Waals surface area contributed by atoms with Crippen molar-refractivity contribution in [2.45, 2.75) is 26.3 Å². The zero-order valence-corrected chi connectivity index (χ0v) is 11.5. The van der Waals surface area contributed by atoms with Gasteiger partial charge in [0, 0.05) is 12.2 Å². The summed E-state index contributed by atoms with van der Waals surface area (Å²) < 4.78 is 1.79. The summed E-state index contributed by atoms with van der Waals surface area (Å²) in [6.45, 7) is 5.37. The second-order valence-corrected chi connectivity index (χ2v) is 4.81. The van der Waals surface area contributed by atoms with Crippen LogP contribution in [0.3, 0.4) is 0 Å². The Hall–Kier alpha value is -1.32. The van der Waals surface area contributed by atoms with E-state index in [1.807, 2.05) is 18.3 Å². The summed E-state index contributed by atoms with van der Waals surface area (Å²) in [5, 5.41) is 8.34. The number of benzene rings is 1. The van der Waals surface area contributed by atoms with E-state index < -0.39 is 0 Å². The van der Waals surface area contributed by atoms with Crippen molar-refractivity contribution in [3.8, 4) is 5.69 Å². The van der Waals surface area contributed by atoms with Crippen LogP contribution < -0.4 is 5.32 Å². The normalized spacial score (nSPS) is 12.6. The summed E-state index contributed by atoms with van der Waals surface area (Å²) in [7, 11) is 0. The lowest BCUT2D eigenvalue weighted by atomic mass is 10.1. The fourth-order valence-electron chi connectivity index (χ4n) is 1.86. The van der Waals surface area contributed by atoms with Crippen molar-refractivity contribution in [3.05, 3.63) is 47.2 Å². The summed E-state index contributed by atoms with van der Waals surface area (Å²) in [5.74, 6) is 0. The molecule has 1 aromatic carbocycles. The van der Waals surface area contributed by atoms with E-state index in [0.717, 1.165) is 18.7 Å². The van der Waals surface area contributed by atoms with Gasteiger partial charge in [0.1, 0.15) is 0 Å². The van der Waals surface area contributed by atoms with Gasteiger partial charge in [0.05, 0.1) is 16.9 Å². The maximum absolute atomic E-state index is 5.89. The summed E-state index contributed by atoms with van der Waals surface area (Å²) >= 11 is 5.89. The second-order valence-electron chi connectivity index (χ2n) is 4.37. The quantitative estimate of drug-likeness (QED) is 0.894. The average Bonchev–Trinajstić information content (AvgIpc) is 2.83. The molecule has 96 valence electrons. The summed E-state index contributed by atoms with van der Waals surface area (Å²) in [5.41, 5.74) is 2.29. The molecule has 0 saturated heterocycles. The number of nitrogens with zero attached hydrogens (tertiary/aromatic N) is 2. The van der Waals surface area contributed by atoms with Gasteiger partial charge in [-0.15, -0.1) is 0 Å². The molecule has 1 N–H and O–H groups in total. The number of hydrogen-bond acceptors (Lipinski definition) is 2. The third-order valence-electron chi connectivity index (χ3n) is 2.89. The highest BCUT2D eigenvalue weighted by molar-refractivity contribution is 6.30. The van der Waals surface area contributed by atoms with Crippen LogP contribution in [-0.2, 0) is 0 Å². The minimum Gasteiger partial charge on any atom is -0.310 e. The first kappa shape index (κ1) is 13.1. The van der Waals surface area contributed by atoms with Crippen LogP contribution in [0.2, 0.25) is 5.02 Å². The zero-order valence-electron chi connectivity index (χ0n) is 10.7. The van der Waals surface area contributed by atoms with E-state index >= 15 is 0 Å². The van der Waals surface area contributed by atoms with Gasteiger partial charge >= 0.3 is 0 Å². The summed E-state index contributed by atoms with van der Waals surface area (Å²) in [6.07, 6.45) is 4.59. The maximum Gasteiger partial charge on any atom is 0.0790 e. The van der Waals surface area contributed by atoms with E-state index in [9.17, 15) is 0 Å². The molecular formula is C14H18ClN3. The molecule has 1 heterocycles. The van der Waals surface area contributed by atoms with Crippen LogP contribution in [0.25, 0.3) is 5.69 Å². The van der Waals surface area contributed by atoms with Crippen LogP contribution >= 0.6 is 11.6 Å². The predicted molar refractivity (Wildman–Crippen MR) is 75.3 cm³/mol. The lowest BCUT2D eigenvalue weighted by Crippen LogP contribution is -2.19. The minimum atomic E-state index is 0.343. The molecule has 1 aromatic heterocycles. The van der Waals surface area contributed by atoms with Crippen LogP contribution in [0.5, 0.6) is 0 Å². The molecule has 4 heteroatoms. The van der Waals surface area contributed by atoms with E-state index in [2.05, 4.69) is 36.4 Å². The third-order valence-corrected chi connectivity index (χ3v) is 3.08. The molecule has 0 spiro atoms. The number of rotatable bonds is 5. The third kappa shape index (κ3) is 3.12. The fourth-order valence-corrected chi connectivity index (χ4v) is 1.99. The van der Waals surface area contributed by atoms with Gasteiger partial charge in [-0.05, 0) is 37.6 Å². The van der Waals surface area contributed by atoms with Gasteiger partial charge in [-0.25, -0.2) is 4.68 Å². The van der Waals surface area contributed by atoms with E-state index in [4.69, 9.17) is 11.6 Å². The van der Waals surface area contributed by atoms with Gasteiger partial charge in [-0.1, -0.05) is 30.7 Å². The SMILES string of the molecule is CCCNC(C)c1cccc(-n2cc(Cl)cn2)c1. The Labute approximate surface area is 113 Å². The predicted octanol–water partition coefficient (Wildman–Crippen LogP) is 3.59. The Bertz CT molecular complexity index is 507. The number of nitrogens with one attached hydrogen (secondary N) is 1. The van der Waals surface area contributed by atoms with Gasteiger partial charge in [0.15, 0.2) is 0 Å². The highest BCUT2D eigenvalue weighted by Gasteiger charge is 2.06. The summed E-state index contributed by atoms with van der Waals surface area (Å²) in [4.78, 5) is 0. The van der Waals surface area contributed by atoms with Crippen LogP contribution in [-0.4, -0.2) is 16.3 Å². The molecule has 0 saturated carbocycles. The van der Waals surface area contributed by atoms with Crippen LogP contribution in [0.1, 0.15) is 31.9 Å². The van der Waals surface area contributed by atoms with Gasteiger partial charge in [-0.3, -0.25) is 0 Å². The molecular weight excluding hydrogens is 246 g/mol. The van der Waals surface area contributed by atoms with Crippen molar-refractivity contribution in [1.29, 1.82) is 0 Å². The number of aromatic nitrogens is 2. The topological polar surface area (TPSA) is 29.9 Å². The van der Waals surface area contributed by atoms with Gasteiger partial charge in [0.25, 0.3) is 0 Å². The van der Waals surface area contributed by atoms with Crippen molar-refractivity contribution in [1.82, 2.24) is 15.1 Å². The maximum atomic E-state index is 5.89. The van der Waals surface area contributed by atoms with Crippen molar-refractivity contribution < 1.29 is 0 Å².